The van der Waals surface area contributed by atoms with Gasteiger partial charge < -0.3 is 15.5 Å². The SMILES string of the molecule is CN1CCN([C@@H](CNC(=O)C(=O)NC2CCCCC2)c2ccc(F)cc2)CC1. The van der Waals surface area contributed by atoms with Crippen molar-refractivity contribution < 1.29 is 14.0 Å². The average molecular weight is 391 g/mol. The molecule has 7 heteroatoms. The topological polar surface area (TPSA) is 64.7 Å². The molecule has 0 unspecified atom stereocenters. The van der Waals surface area contributed by atoms with E-state index in [2.05, 4.69) is 27.5 Å². The Labute approximate surface area is 166 Å². The van der Waals surface area contributed by atoms with Gasteiger partial charge in [-0.1, -0.05) is 31.4 Å². The van der Waals surface area contributed by atoms with Crippen molar-refractivity contribution >= 4 is 11.8 Å². The third-order valence-corrected chi connectivity index (χ3v) is 5.84. The normalized spacial score (nSPS) is 20.5. The zero-order valence-corrected chi connectivity index (χ0v) is 16.6. The summed E-state index contributed by atoms with van der Waals surface area (Å²) in [5.41, 5.74) is 0.943. The van der Waals surface area contributed by atoms with Gasteiger partial charge in [0.2, 0.25) is 0 Å². The zero-order valence-electron chi connectivity index (χ0n) is 16.6. The minimum Gasteiger partial charge on any atom is -0.346 e. The lowest BCUT2D eigenvalue weighted by Crippen LogP contribution is -2.50. The highest BCUT2D eigenvalue weighted by molar-refractivity contribution is 6.35. The van der Waals surface area contributed by atoms with Gasteiger partial charge in [0, 0.05) is 38.8 Å². The summed E-state index contributed by atoms with van der Waals surface area (Å²) in [6, 6.07) is 6.42. The molecule has 1 atom stereocenters. The fraction of sp³-hybridized carbons (Fsp3) is 0.619. The van der Waals surface area contributed by atoms with E-state index in [0.29, 0.717) is 6.54 Å². The average Bonchev–Trinajstić information content (AvgIpc) is 2.71. The van der Waals surface area contributed by atoms with Crippen molar-refractivity contribution in [2.24, 2.45) is 0 Å². The number of likely N-dealkylation sites (N-methyl/N-ethyl adjacent to an activating group) is 1. The summed E-state index contributed by atoms with van der Waals surface area (Å²) in [5, 5.41) is 5.65. The number of hydrogen-bond acceptors (Lipinski definition) is 4. The predicted octanol–water partition coefficient (Wildman–Crippen LogP) is 1.68. The molecule has 2 amide bonds. The molecule has 1 aromatic rings. The number of rotatable bonds is 5. The Bertz CT molecular complexity index is 653. The maximum Gasteiger partial charge on any atom is 0.309 e. The predicted molar refractivity (Wildman–Crippen MR) is 106 cm³/mol. The molecule has 2 N–H and O–H groups in total. The van der Waals surface area contributed by atoms with Crippen LogP contribution < -0.4 is 10.6 Å². The first-order valence-corrected chi connectivity index (χ1v) is 10.3. The summed E-state index contributed by atoms with van der Waals surface area (Å²) in [6.07, 6.45) is 5.28. The maximum atomic E-state index is 13.3. The summed E-state index contributed by atoms with van der Waals surface area (Å²) in [6.45, 7) is 3.93. The van der Waals surface area contributed by atoms with Crippen LogP contribution in [0.25, 0.3) is 0 Å². The first kappa shape index (κ1) is 20.7. The number of hydrogen-bond donors (Lipinski definition) is 2. The van der Waals surface area contributed by atoms with Crippen molar-refractivity contribution in [2.45, 2.75) is 44.2 Å². The van der Waals surface area contributed by atoms with Crippen LogP contribution in [-0.2, 0) is 9.59 Å². The smallest absolute Gasteiger partial charge is 0.309 e. The van der Waals surface area contributed by atoms with Gasteiger partial charge in [-0.3, -0.25) is 14.5 Å². The second kappa shape index (κ2) is 9.98. The molecule has 1 saturated carbocycles. The van der Waals surface area contributed by atoms with E-state index in [1.807, 2.05) is 0 Å². The minimum atomic E-state index is -0.591. The van der Waals surface area contributed by atoms with Gasteiger partial charge in [0.25, 0.3) is 0 Å². The number of nitrogens with one attached hydrogen (secondary N) is 2. The lowest BCUT2D eigenvalue weighted by molar-refractivity contribution is -0.139. The van der Waals surface area contributed by atoms with Gasteiger partial charge >= 0.3 is 11.8 Å². The molecule has 3 rings (SSSR count). The molecule has 1 aromatic carbocycles. The van der Waals surface area contributed by atoms with E-state index in [4.69, 9.17) is 0 Å². The summed E-state index contributed by atoms with van der Waals surface area (Å²) in [7, 11) is 2.08. The van der Waals surface area contributed by atoms with Crippen molar-refractivity contribution in [3.63, 3.8) is 0 Å². The Morgan fingerprint density at radius 1 is 1.04 bits per heavy atom. The molecular formula is C21H31FN4O2. The van der Waals surface area contributed by atoms with Crippen molar-refractivity contribution in [3.8, 4) is 0 Å². The molecular weight excluding hydrogens is 359 g/mol. The largest absolute Gasteiger partial charge is 0.346 e. The molecule has 0 radical (unpaired) electrons. The maximum absolute atomic E-state index is 13.3. The van der Waals surface area contributed by atoms with E-state index >= 15 is 0 Å². The van der Waals surface area contributed by atoms with E-state index in [-0.39, 0.29) is 17.9 Å². The van der Waals surface area contributed by atoms with Gasteiger partial charge in [-0.25, -0.2) is 4.39 Å². The first-order valence-electron chi connectivity index (χ1n) is 10.3. The first-order chi connectivity index (χ1) is 13.5. The quantitative estimate of drug-likeness (QED) is 0.751. The second-order valence-corrected chi connectivity index (χ2v) is 7.93. The van der Waals surface area contributed by atoms with Gasteiger partial charge in [0.15, 0.2) is 0 Å². The van der Waals surface area contributed by atoms with Crippen LogP contribution in [0.1, 0.15) is 43.7 Å². The molecule has 0 aromatic heterocycles. The van der Waals surface area contributed by atoms with Crippen LogP contribution in [0.2, 0.25) is 0 Å². The fourth-order valence-electron chi connectivity index (χ4n) is 4.04. The number of amides is 2. The standard InChI is InChI=1S/C21H31FN4O2/c1-25-11-13-26(14-12-25)19(16-7-9-17(22)10-8-16)15-23-20(27)21(28)24-18-5-3-2-4-6-18/h7-10,18-19H,2-6,11-15H2,1H3,(H,23,27)(H,24,28)/t19-/m0/s1. The van der Waals surface area contributed by atoms with E-state index in [9.17, 15) is 14.0 Å². The number of piperazine rings is 1. The molecule has 2 fully saturated rings. The van der Waals surface area contributed by atoms with Crippen molar-refractivity contribution in [3.05, 3.63) is 35.6 Å². The van der Waals surface area contributed by atoms with Gasteiger partial charge in [0.1, 0.15) is 5.82 Å². The molecule has 0 bridgehead atoms. The minimum absolute atomic E-state index is 0.0827. The van der Waals surface area contributed by atoms with E-state index in [1.54, 1.807) is 12.1 Å². The van der Waals surface area contributed by atoms with Crippen molar-refractivity contribution in [2.75, 3.05) is 39.8 Å². The van der Waals surface area contributed by atoms with Crippen molar-refractivity contribution in [1.29, 1.82) is 0 Å². The van der Waals surface area contributed by atoms with Crippen LogP contribution >= 0.6 is 0 Å². The molecule has 2 aliphatic rings. The number of carbonyl (C=O) groups excluding carboxylic acids is 2. The molecule has 0 spiro atoms. The molecule has 28 heavy (non-hydrogen) atoms. The molecule has 1 heterocycles. The van der Waals surface area contributed by atoms with Gasteiger partial charge in [-0.05, 0) is 37.6 Å². The number of benzene rings is 1. The lowest BCUT2D eigenvalue weighted by Gasteiger charge is -2.38. The zero-order chi connectivity index (χ0) is 19.9. The Morgan fingerprint density at radius 3 is 2.32 bits per heavy atom. The van der Waals surface area contributed by atoms with Gasteiger partial charge in [0.05, 0.1) is 6.04 Å². The van der Waals surface area contributed by atoms with Crippen LogP contribution in [0.4, 0.5) is 4.39 Å². The van der Waals surface area contributed by atoms with E-state index in [0.717, 1.165) is 57.4 Å². The molecule has 6 nitrogen and oxygen atoms in total. The molecule has 1 aliphatic heterocycles. The third kappa shape index (κ3) is 5.75. The Balaban J connectivity index is 1.59. The Morgan fingerprint density at radius 2 is 1.68 bits per heavy atom. The highest BCUT2D eigenvalue weighted by atomic mass is 19.1. The Kier molecular flexibility index (Phi) is 7.39. The van der Waals surface area contributed by atoms with Crippen LogP contribution in [-0.4, -0.2) is 67.4 Å². The molecule has 154 valence electrons. The summed E-state index contributed by atoms with van der Waals surface area (Å²) in [5.74, 6) is -1.42. The summed E-state index contributed by atoms with van der Waals surface area (Å²) < 4.78 is 13.3. The molecule has 1 aliphatic carbocycles. The summed E-state index contributed by atoms with van der Waals surface area (Å²) >= 11 is 0. The van der Waals surface area contributed by atoms with Gasteiger partial charge in [-0.2, -0.15) is 0 Å². The lowest BCUT2D eigenvalue weighted by atomic mass is 9.95. The van der Waals surface area contributed by atoms with E-state index in [1.165, 1.54) is 18.6 Å². The number of carbonyl (C=O) groups is 2. The van der Waals surface area contributed by atoms with Crippen LogP contribution in [0.15, 0.2) is 24.3 Å². The van der Waals surface area contributed by atoms with Crippen LogP contribution in [0, 0.1) is 5.82 Å². The highest BCUT2D eigenvalue weighted by Crippen LogP contribution is 2.22. The summed E-state index contributed by atoms with van der Waals surface area (Å²) in [4.78, 5) is 29.1. The van der Waals surface area contributed by atoms with E-state index < -0.39 is 11.8 Å². The number of nitrogens with zero attached hydrogens (tertiary/aromatic N) is 2. The molecule has 1 saturated heterocycles. The Hall–Kier alpha value is -1.99. The second-order valence-electron chi connectivity index (χ2n) is 7.93. The van der Waals surface area contributed by atoms with Crippen LogP contribution in [0.5, 0.6) is 0 Å². The van der Waals surface area contributed by atoms with Gasteiger partial charge in [-0.15, -0.1) is 0 Å². The number of halogens is 1. The third-order valence-electron chi connectivity index (χ3n) is 5.84. The monoisotopic (exact) mass is 390 g/mol. The van der Waals surface area contributed by atoms with Crippen LogP contribution in [0.3, 0.4) is 0 Å². The highest BCUT2D eigenvalue weighted by Gasteiger charge is 2.26. The van der Waals surface area contributed by atoms with Crippen molar-refractivity contribution in [1.82, 2.24) is 20.4 Å². The fourth-order valence-corrected chi connectivity index (χ4v) is 4.04.